The standard InChI is InChI=1S/C28H39N3O7S/c1-20(2)18-29-28(33)21(3)30(19-22-8-6-9-24(16-22)36-4)27(32)10-7-13-31(39(5,34)35)23-11-12-25-26(17-23)38-15-14-37-25/h6,8-9,11-12,16-17,20-21H,7,10,13-15,18-19H2,1-5H3,(H,29,33)/t21-/m0/s1. The van der Waals surface area contributed by atoms with Crippen molar-refractivity contribution < 1.29 is 32.2 Å². The second-order valence-corrected chi connectivity index (χ2v) is 11.9. The maximum atomic E-state index is 13.5. The smallest absolute Gasteiger partial charge is 0.242 e. The molecule has 2 aromatic carbocycles. The van der Waals surface area contributed by atoms with Crippen molar-refractivity contribution in [1.29, 1.82) is 0 Å². The van der Waals surface area contributed by atoms with E-state index in [2.05, 4.69) is 5.32 Å². The summed E-state index contributed by atoms with van der Waals surface area (Å²) in [5, 5.41) is 2.90. The summed E-state index contributed by atoms with van der Waals surface area (Å²) >= 11 is 0. The number of sulfonamides is 1. The minimum absolute atomic E-state index is 0.0579. The van der Waals surface area contributed by atoms with Gasteiger partial charge in [-0.25, -0.2) is 8.42 Å². The average Bonchev–Trinajstić information content (AvgIpc) is 2.91. The van der Waals surface area contributed by atoms with Crippen LogP contribution in [0.25, 0.3) is 0 Å². The van der Waals surface area contributed by atoms with E-state index < -0.39 is 16.1 Å². The Morgan fingerprint density at radius 2 is 1.77 bits per heavy atom. The van der Waals surface area contributed by atoms with E-state index in [1.165, 1.54) is 9.21 Å². The highest BCUT2D eigenvalue weighted by molar-refractivity contribution is 7.92. The average molecular weight is 562 g/mol. The molecule has 2 aromatic rings. The molecule has 0 radical (unpaired) electrons. The lowest BCUT2D eigenvalue weighted by molar-refractivity contribution is -0.140. The van der Waals surface area contributed by atoms with Crippen LogP contribution in [0.5, 0.6) is 17.2 Å². The number of hydrogen-bond donors (Lipinski definition) is 1. The third-order valence-electron chi connectivity index (χ3n) is 6.30. The predicted octanol–water partition coefficient (Wildman–Crippen LogP) is 3.20. The van der Waals surface area contributed by atoms with Crippen LogP contribution in [0.2, 0.25) is 0 Å². The van der Waals surface area contributed by atoms with Crippen molar-refractivity contribution in [3.05, 3.63) is 48.0 Å². The van der Waals surface area contributed by atoms with Crippen molar-refractivity contribution in [2.75, 3.05) is 44.0 Å². The highest BCUT2D eigenvalue weighted by Gasteiger charge is 2.27. The molecule has 1 aliphatic rings. The van der Waals surface area contributed by atoms with Gasteiger partial charge in [-0.3, -0.25) is 13.9 Å². The Labute approximate surface area is 231 Å². The van der Waals surface area contributed by atoms with Crippen LogP contribution in [0.4, 0.5) is 5.69 Å². The number of carbonyl (C=O) groups excluding carboxylic acids is 2. The van der Waals surface area contributed by atoms with Crippen molar-refractivity contribution in [3.63, 3.8) is 0 Å². The number of fused-ring (bicyclic) bond motifs is 1. The van der Waals surface area contributed by atoms with Crippen LogP contribution in [0.15, 0.2) is 42.5 Å². The van der Waals surface area contributed by atoms with Crippen LogP contribution in [0, 0.1) is 5.92 Å². The normalized spacial score (nSPS) is 13.5. The lowest BCUT2D eigenvalue weighted by atomic mass is 10.1. The molecule has 0 fully saturated rings. The molecule has 39 heavy (non-hydrogen) atoms. The number of methoxy groups -OCH3 is 1. The van der Waals surface area contributed by atoms with Gasteiger partial charge in [0.25, 0.3) is 0 Å². The maximum Gasteiger partial charge on any atom is 0.242 e. The first-order chi connectivity index (χ1) is 18.5. The summed E-state index contributed by atoms with van der Waals surface area (Å²) in [5.74, 6) is 1.47. The Hall–Kier alpha value is -3.47. The van der Waals surface area contributed by atoms with Gasteiger partial charge in [0.15, 0.2) is 11.5 Å². The molecule has 0 aliphatic carbocycles. The largest absolute Gasteiger partial charge is 0.497 e. The van der Waals surface area contributed by atoms with Crippen LogP contribution < -0.4 is 23.8 Å². The van der Waals surface area contributed by atoms with Gasteiger partial charge in [-0.2, -0.15) is 0 Å². The zero-order valence-corrected chi connectivity index (χ0v) is 24.1. The first-order valence-electron chi connectivity index (χ1n) is 13.1. The Morgan fingerprint density at radius 3 is 2.44 bits per heavy atom. The summed E-state index contributed by atoms with van der Waals surface area (Å²) < 4.78 is 43.0. The second kappa shape index (κ2) is 13.5. The van der Waals surface area contributed by atoms with E-state index in [0.29, 0.717) is 42.7 Å². The van der Waals surface area contributed by atoms with Crippen molar-refractivity contribution in [3.8, 4) is 17.2 Å². The van der Waals surface area contributed by atoms with Gasteiger partial charge in [0.1, 0.15) is 25.0 Å². The summed E-state index contributed by atoms with van der Waals surface area (Å²) in [6, 6.07) is 11.6. The van der Waals surface area contributed by atoms with Crippen LogP contribution in [0.3, 0.4) is 0 Å². The summed E-state index contributed by atoms with van der Waals surface area (Å²) in [4.78, 5) is 27.9. The van der Waals surface area contributed by atoms with Gasteiger partial charge in [0.2, 0.25) is 21.8 Å². The summed E-state index contributed by atoms with van der Waals surface area (Å²) in [7, 11) is -2.06. The summed E-state index contributed by atoms with van der Waals surface area (Å²) in [5.41, 5.74) is 1.25. The highest BCUT2D eigenvalue weighted by atomic mass is 32.2. The van der Waals surface area contributed by atoms with Crippen molar-refractivity contribution in [2.24, 2.45) is 5.92 Å². The zero-order valence-electron chi connectivity index (χ0n) is 23.3. The first-order valence-corrected chi connectivity index (χ1v) is 14.9. The minimum Gasteiger partial charge on any atom is -0.497 e. The minimum atomic E-state index is -3.63. The Kier molecular flexibility index (Phi) is 10.4. The fourth-order valence-electron chi connectivity index (χ4n) is 4.19. The van der Waals surface area contributed by atoms with E-state index in [-0.39, 0.29) is 43.7 Å². The molecule has 0 unspecified atom stereocenters. The number of nitrogens with one attached hydrogen (secondary N) is 1. The predicted molar refractivity (Wildman–Crippen MR) is 150 cm³/mol. The van der Waals surface area contributed by atoms with Gasteiger partial charge in [0, 0.05) is 32.1 Å². The number of carbonyl (C=O) groups is 2. The Balaban J connectivity index is 1.74. The third kappa shape index (κ3) is 8.51. The van der Waals surface area contributed by atoms with E-state index in [0.717, 1.165) is 11.8 Å². The van der Waals surface area contributed by atoms with Gasteiger partial charge in [-0.1, -0.05) is 26.0 Å². The quantitative estimate of drug-likeness (QED) is 0.399. The molecule has 10 nitrogen and oxygen atoms in total. The van der Waals surface area contributed by atoms with Crippen molar-refractivity contribution in [1.82, 2.24) is 10.2 Å². The molecule has 1 aliphatic heterocycles. The molecule has 0 saturated carbocycles. The molecule has 11 heteroatoms. The maximum absolute atomic E-state index is 13.5. The topological polar surface area (TPSA) is 114 Å². The lowest BCUT2D eigenvalue weighted by Gasteiger charge is -2.30. The number of benzene rings is 2. The number of anilines is 1. The fraction of sp³-hybridized carbons (Fsp3) is 0.500. The fourth-order valence-corrected chi connectivity index (χ4v) is 5.15. The van der Waals surface area contributed by atoms with E-state index in [9.17, 15) is 18.0 Å². The van der Waals surface area contributed by atoms with Gasteiger partial charge >= 0.3 is 0 Å². The van der Waals surface area contributed by atoms with Crippen molar-refractivity contribution >= 4 is 27.5 Å². The molecule has 0 saturated heterocycles. The van der Waals surface area contributed by atoms with E-state index in [1.807, 2.05) is 38.1 Å². The number of hydrogen-bond acceptors (Lipinski definition) is 7. The number of nitrogens with zero attached hydrogens (tertiary/aromatic N) is 2. The van der Waals surface area contributed by atoms with E-state index in [1.54, 1.807) is 32.2 Å². The first kappa shape index (κ1) is 30.1. The molecule has 2 amide bonds. The van der Waals surface area contributed by atoms with Crippen molar-refractivity contribution in [2.45, 2.75) is 46.2 Å². The molecule has 1 N–H and O–H groups in total. The van der Waals surface area contributed by atoms with Crippen LogP contribution in [-0.2, 0) is 26.2 Å². The van der Waals surface area contributed by atoms with Crippen LogP contribution in [-0.4, -0.2) is 70.8 Å². The van der Waals surface area contributed by atoms with E-state index in [4.69, 9.17) is 14.2 Å². The monoisotopic (exact) mass is 561 g/mol. The van der Waals surface area contributed by atoms with Gasteiger partial charge < -0.3 is 24.4 Å². The summed E-state index contributed by atoms with van der Waals surface area (Å²) in [6.07, 6.45) is 1.44. The Morgan fingerprint density at radius 1 is 1.05 bits per heavy atom. The number of ether oxygens (including phenoxy) is 3. The number of rotatable bonds is 13. The van der Waals surface area contributed by atoms with Crippen LogP contribution >= 0.6 is 0 Å². The molecule has 0 aromatic heterocycles. The molecular weight excluding hydrogens is 522 g/mol. The van der Waals surface area contributed by atoms with Gasteiger partial charge in [0.05, 0.1) is 19.1 Å². The van der Waals surface area contributed by atoms with Gasteiger partial charge in [-0.05, 0) is 49.1 Å². The molecule has 3 rings (SSSR count). The van der Waals surface area contributed by atoms with Crippen LogP contribution in [0.1, 0.15) is 39.2 Å². The van der Waals surface area contributed by atoms with E-state index >= 15 is 0 Å². The molecule has 1 heterocycles. The third-order valence-corrected chi connectivity index (χ3v) is 7.50. The molecule has 1 atom stereocenters. The summed E-state index contributed by atoms with van der Waals surface area (Å²) in [6.45, 7) is 7.32. The highest BCUT2D eigenvalue weighted by Crippen LogP contribution is 2.34. The van der Waals surface area contributed by atoms with Gasteiger partial charge in [-0.15, -0.1) is 0 Å². The second-order valence-electron chi connectivity index (χ2n) is 9.95. The zero-order chi connectivity index (χ0) is 28.6. The molecular formula is C28H39N3O7S. The Bertz CT molecular complexity index is 1250. The molecule has 0 spiro atoms. The molecule has 0 bridgehead atoms. The lowest BCUT2D eigenvalue weighted by Crippen LogP contribution is -2.48. The number of amides is 2. The SMILES string of the molecule is COc1cccc(CN(C(=O)CCCN(c2ccc3c(c2)OCCO3)S(C)(=O)=O)[C@@H](C)C(=O)NCC(C)C)c1. The molecule has 214 valence electrons.